The van der Waals surface area contributed by atoms with E-state index in [4.69, 9.17) is 0 Å². The van der Waals surface area contributed by atoms with Crippen molar-refractivity contribution < 1.29 is 0 Å². The number of rotatable bonds is 2. The lowest BCUT2D eigenvalue weighted by Gasteiger charge is -2.13. The molecule has 13 heavy (non-hydrogen) atoms. The Morgan fingerprint density at radius 2 is 2.38 bits per heavy atom. The first kappa shape index (κ1) is 9.38. The third kappa shape index (κ3) is 2.39. The summed E-state index contributed by atoms with van der Waals surface area (Å²) in [6.07, 6.45) is 8.71. The van der Waals surface area contributed by atoms with E-state index in [1.165, 1.54) is 37.9 Å². The molecule has 1 aliphatic carbocycles. The fraction of sp³-hybridized carbons (Fsp3) is 0.900. The molecule has 0 aromatic carbocycles. The van der Waals surface area contributed by atoms with E-state index in [9.17, 15) is 0 Å². The minimum atomic E-state index is 0.717. The van der Waals surface area contributed by atoms with E-state index in [-0.39, 0.29) is 0 Å². The van der Waals surface area contributed by atoms with E-state index in [0.29, 0.717) is 6.04 Å². The number of aliphatic imine (C=N–C) groups is 1. The van der Waals surface area contributed by atoms with Gasteiger partial charge in [0.15, 0.2) is 0 Å². The van der Waals surface area contributed by atoms with Crippen molar-refractivity contribution in [2.75, 3.05) is 12.8 Å². The Bertz CT molecular complexity index is 203. The van der Waals surface area contributed by atoms with Gasteiger partial charge in [-0.3, -0.25) is 4.99 Å². The van der Waals surface area contributed by atoms with Crippen LogP contribution in [0.2, 0.25) is 0 Å². The minimum Gasteiger partial charge on any atom is -0.371 e. The molecule has 0 aromatic rings. The molecular weight excluding hydrogens is 180 g/mol. The molecule has 1 aliphatic heterocycles. The summed E-state index contributed by atoms with van der Waals surface area (Å²) in [4.78, 5) is 4.45. The van der Waals surface area contributed by atoms with E-state index in [0.717, 1.165) is 11.8 Å². The number of nitrogens with zero attached hydrogens (tertiary/aromatic N) is 1. The molecular formula is C10H18N2S. The van der Waals surface area contributed by atoms with E-state index in [1.807, 2.05) is 11.8 Å². The van der Waals surface area contributed by atoms with Crippen LogP contribution in [0.3, 0.4) is 0 Å². The quantitative estimate of drug-likeness (QED) is 0.734. The maximum Gasteiger partial charge on any atom is 0.0965 e. The third-order valence-corrected chi connectivity index (χ3v) is 4.06. The van der Waals surface area contributed by atoms with Gasteiger partial charge in [0.2, 0.25) is 0 Å². The number of nitrogens with one attached hydrogen (secondary N) is 1. The van der Waals surface area contributed by atoms with Crippen LogP contribution >= 0.6 is 11.8 Å². The highest BCUT2D eigenvalue weighted by molar-refractivity contribution is 7.99. The van der Waals surface area contributed by atoms with Crippen LogP contribution in [0, 0.1) is 0 Å². The maximum absolute atomic E-state index is 4.45. The molecule has 3 heteroatoms. The smallest absolute Gasteiger partial charge is 0.0965 e. The van der Waals surface area contributed by atoms with E-state index in [1.54, 1.807) is 0 Å². The Morgan fingerprint density at radius 1 is 1.46 bits per heavy atom. The molecule has 0 spiro atoms. The molecule has 0 saturated heterocycles. The van der Waals surface area contributed by atoms with Gasteiger partial charge in [0.05, 0.1) is 5.84 Å². The fourth-order valence-electron chi connectivity index (χ4n) is 2.18. The van der Waals surface area contributed by atoms with Gasteiger partial charge in [-0.2, -0.15) is 11.8 Å². The predicted molar refractivity (Wildman–Crippen MR) is 59.6 cm³/mol. The molecule has 1 heterocycles. The van der Waals surface area contributed by atoms with Crippen LogP contribution < -0.4 is 5.32 Å². The Balaban J connectivity index is 1.76. The molecule has 1 fully saturated rings. The van der Waals surface area contributed by atoms with E-state index in [2.05, 4.69) is 16.6 Å². The van der Waals surface area contributed by atoms with Crippen LogP contribution in [-0.2, 0) is 0 Å². The van der Waals surface area contributed by atoms with Gasteiger partial charge in [0.25, 0.3) is 0 Å². The van der Waals surface area contributed by atoms with E-state index < -0.39 is 0 Å². The van der Waals surface area contributed by atoms with Crippen molar-refractivity contribution in [1.82, 2.24) is 5.32 Å². The van der Waals surface area contributed by atoms with Crippen molar-refractivity contribution in [2.45, 2.75) is 43.4 Å². The van der Waals surface area contributed by atoms with Crippen molar-refractivity contribution in [1.29, 1.82) is 0 Å². The molecule has 2 aliphatic rings. The summed E-state index contributed by atoms with van der Waals surface area (Å²) < 4.78 is 0. The Kier molecular flexibility index (Phi) is 3.14. The molecule has 2 rings (SSSR count). The van der Waals surface area contributed by atoms with Gasteiger partial charge in [-0.05, 0) is 31.9 Å². The maximum atomic E-state index is 4.45. The standard InChI is InChI=1S/C10H18N2S/c1-13-9-5-4-8(7-9)12-10-3-2-6-11-10/h8-9H,2-7H2,1H3,(H,11,12). The van der Waals surface area contributed by atoms with Crippen LogP contribution in [-0.4, -0.2) is 29.9 Å². The molecule has 74 valence electrons. The first-order valence-corrected chi connectivity index (χ1v) is 6.50. The Hall–Kier alpha value is -0.180. The number of thioether (sulfide) groups is 1. The second-order valence-electron chi connectivity index (χ2n) is 3.94. The van der Waals surface area contributed by atoms with E-state index >= 15 is 0 Å². The summed E-state index contributed by atoms with van der Waals surface area (Å²) in [7, 11) is 0. The van der Waals surface area contributed by atoms with Gasteiger partial charge in [0.1, 0.15) is 0 Å². The third-order valence-electron chi connectivity index (χ3n) is 2.96. The summed E-state index contributed by atoms with van der Waals surface area (Å²) in [6, 6.07) is 0.717. The van der Waals surface area contributed by atoms with Crippen LogP contribution in [0.5, 0.6) is 0 Å². The van der Waals surface area contributed by atoms with Crippen molar-refractivity contribution in [3.05, 3.63) is 0 Å². The highest BCUT2D eigenvalue weighted by Crippen LogP contribution is 2.28. The lowest BCUT2D eigenvalue weighted by Crippen LogP contribution is -2.31. The largest absolute Gasteiger partial charge is 0.371 e. The molecule has 2 atom stereocenters. The predicted octanol–water partition coefficient (Wildman–Crippen LogP) is 2.05. The zero-order valence-corrected chi connectivity index (χ0v) is 9.07. The first-order valence-electron chi connectivity index (χ1n) is 5.21. The monoisotopic (exact) mass is 198 g/mol. The van der Waals surface area contributed by atoms with Crippen LogP contribution in [0.1, 0.15) is 32.1 Å². The molecule has 2 nitrogen and oxygen atoms in total. The number of hydrogen-bond donors (Lipinski definition) is 1. The number of hydrogen-bond acceptors (Lipinski definition) is 3. The van der Waals surface area contributed by atoms with Gasteiger partial charge in [-0.15, -0.1) is 0 Å². The molecule has 0 radical (unpaired) electrons. The van der Waals surface area contributed by atoms with Gasteiger partial charge in [-0.1, -0.05) is 0 Å². The molecule has 1 N–H and O–H groups in total. The molecule has 0 amide bonds. The average Bonchev–Trinajstić information content (AvgIpc) is 2.76. The minimum absolute atomic E-state index is 0.717. The summed E-state index contributed by atoms with van der Waals surface area (Å²) in [5.41, 5.74) is 0. The van der Waals surface area contributed by atoms with Gasteiger partial charge >= 0.3 is 0 Å². The van der Waals surface area contributed by atoms with Gasteiger partial charge in [-0.25, -0.2) is 0 Å². The molecule has 0 bridgehead atoms. The molecule has 2 unspecified atom stereocenters. The van der Waals surface area contributed by atoms with Crippen LogP contribution in [0.15, 0.2) is 4.99 Å². The highest BCUT2D eigenvalue weighted by Gasteiger charge is 2.24. The van der Waals surface area contributed by atoms with Gasteiger partial charge < -0.3 is 5.32 Å². The van der Waals surface area contributed by atoms with Gasteiger partial charge in [0, 0.05) is 24.3 Å². The second-order valence-corrected chi connectivity index (χ2v) is 5.08. The SMILES string of the molecule is CSC1CCC(NC2=NCCC2)C1. The lowest BCUT2D eigenvalue weighted by molar-refractivity contribution is 0.627. The van der Waals surface area contributed by atoms with Crippen LogP contribution in [0.4, 0.5) is 0 Å². The summed E-state index contributed by atoms with van der Waals surface area (Å²) in [6.45, 7) is 1.04. The summed E-state index contributed by atoms with van der Waals surface area (Å²) in [5.74, 6) is 1.27. The second kappa shape index (κ2) is 4.36. The average molecular weight is 198 g/mol. The number of amidine groups is 1. The van der Waals surface area contributed by atoms with Crippen molar-refractivity contribution in [3.63, 3.8) is 0 Å². The normalized spacial score (nSPS) is 33.5. The molecule has 0 aromatic heterocycles. The topological polar surface area (TPSA) is 24.4 Å². The van der Waals surface area contributed by atoms with Crippen molar-refractivity contribution in [3.8, 4) is 0 Å². The lowest BCUT2D eigenvalue weighted by atomic mass is 10.2. The zero-order chi connectivity index (χ0) is 9.10. The molecule has 1 saturated carbocycles. The van der Waals surface area contributed by atoms with Crippen LogP contribution in [0.25, 0.3) is 0 Å². The Morgan fingerprint density at radius 3 is 3.00 bits per heavy atom. The first-order chi connectivity index (χ1) is 6.38. The highest BCUT2D eigenvalue weighted by atomic mass is 32.2. The fourth-order valence-corrected chi connectivity index (χ4v) is 2.97. The van der Waals surface area contributed by atoms with Crippen molar-refractivity contribution in [2.24, 2.45) is 4.99 Å². The summed E-state index contributed by atoms with van der Waals surface area (Å²) in [5, 5.41) is 4.47. The Labute approximate surface area is 84.6 Å². The summed E-state index contributed by atoms with van der Waals surface area (Å²) >= 11 is 2.01. The van der Waals surface area contributed by atoms with Crippen molar-refractivity contribution >= 4 is 17.6 Å². The zero-order valence-electron chi connectivity index (χ0n) is 8.25.